The number of piperidine rings is 3. The van der Waals surface area contributed by atoms with Gasteiger partial charge in [-0.15, -0.1) is 0 Å². The first-order chi connectivity index (χ1) is 7.78. The molecule has 3 aliphatic heterocycles. The summed E-state index contributed by atoms with van der Waals surface area (Å²) in [6.07, 6.45) is 4.53. The molecule has 3 heteroatoms. The molecule has 3 heterocycles. The summed E-state index contributed by atoms with van der Waals surface area (Å²) in [7, 11) is 0. The van der Waals surface area contributed by atoms with Gasteiger partial charge in [-0.2, -0.15) is 0 Å². The third-order valence-corrected chi connectivity index (χ3v) is 4.70. The summed E-state index contributed by atoms with van der Waals surface area (Å²) >= 11 is 0. The lowest BCUT2D eigenvalue weighted by Gasteiger charge is -2.52. The molecule has 0 spiro atoms. The van der Waals surface area contributed by atoms with Crippen LogP contribution < -0.4 is 0 Å². The monoisotopic (exact) mass is 222 g/mol. The van der Waals surface area contributed by atoms with Gasteiger partial charge in [0.25, 0.3) is 0 Å². The minimum atomic E-state index is 0.427. The van der Waals surface area contributed by atoms with Gasteiger partial charge in [-0.1, -0.05) is 6.92 Å². The van der Waals surface area contributed by atoms with Crippen molar-refractivity contribution in [2.45, 2.75) is 38.6 Å². The fourth-order valence-electron chi connectivity index (χ4n) is 3.97. The number of fused-ring (bicyclic) bond motifs is 4. The zero-order chi connectivity index (χ0) is 11.1. The zero-order valence-corrected chi connectivity index (χ0v) is 10.2. The number of amides is 1. The molecule has 3 nitrogen and oxygen atoms in total. The summed E-state index contributed by atoms with van der Waals surface area (Å²) < 4.78 is 0. The molecule has 3 fully saturated rings. The van der Waals surface area contributed by atoms with E-state index in [1.165, 1.54) is 32.5 Å². The van der Waals surface area contributed by atoms with Gasteiger partial charge < -0.3 is 9.80 Å². The molecule has 3 aliphatic rings. The molecule has 0 saturated carbocycles. The van der Waals surface area contributed by atoms with Crippen molar-refractivity contribution in [2.24, 2.45) is 11.8 Å². The van der Waals surface area contributed by atoms with Gasteiger partial charge in [0.2, 0.25) is 5.91 Å². The van der Waals surface area contributed by atoms with Gasteiger partial charge in [-0.3, -0.25) is 4.79 Å². The first kappa shape index (κ1) is 10.6. The number of hydrogen-bond acceptors (Lipinski definition) is 2. The predicted molar refractivity (Wildman–Crippen MR) is 63.1 cm³/mol. The van der Waals surface area contributed by atoms with Crippen molar-refractivity contribution in [1.82, 2.24) is 9.80 Å². The SMILES string of the molecule is CCN1CC2CC(C1)C1CCCC(=O)N1C2. The Kier molecular flexibility index (Phi) is 2.66. The highest BCUT2D eigenvalue weighted by molar-refractivity contribution is 5.77. The van der Waals surface area contributed by atoms with Gasteiger partial charge in [0.1, 0.15) is 0 Å². The summed E-state index contributed by atoms with van der Waals surface area (Å²) in [5, 5.41) is 0. The molecule has 2 bridgehead atoms. The summed E-state index contributed by atoms with van der Waals surface area (Å²) in [4.78, 5) is 16.7. The Bertz CT molecular complexity index is 292. The largest absolute Gasteiger partial charge is 0.339 e. The van der Waals surface area contributed by atoms with E-state index >= 15 is 0 Å². The normalized spacial score (nSPS) is 39.7. The Labute approximate surface area is 97.8 Å². The lowest BCUT2D eigenvalue weighted by atomic mass is 9.76. The highest BCUT2D eigenvalue weighted by atomic mass is 16.2. The standard InChI is InChI=1S/C13H22N2O/c1-2-14-7-10-6-11(9-14)12-4-3-5-13(16)15(12)8-10/h10-12H,2-9H2,1H3. The van der Waals surface area contributed by atoms with Gasteiger partial charge in [-0.05, 0) is 37.6 Å². The maximum atomic E-state index is 11.9. The van der Waals surface area contributed by atoms with E-state index in [1.807, 2.05) is 0 Å². The van der Waals surface area contributed by atoms with Gasteiger partial charge in [0.05, 0.1) is 0 Å². The van der Waals surface area contributed by atoms with Crippen LogP contribution in [0.1, 0.15) is 32.6 Å². The average Bonchev–Trinajstić information content (AvgIpc) is 2.30. The molecule has 3 saturated heterocycles. The molecule has 3 rings (SSSR count). The number of rotatable bonds is 1. The van der Waals surface area contributed by atoms with E-state index in [2.05, 4.69) is 16.7 Å². The minimum Gasteiger partial charge on any atom is -0.339 e. The molecule has 0 N–H and O–H groups in total. The fraction of sp³-hybridized carbons (Fsp3) is 0.923. The fourth-order valence-corrected chi connectivity index (χ4v) is 3.97. The smallest absolute Gasteiger partial charge is 0.222 e. The van der Waals surface area contributed by atoms with Crippen molar-refractivity contribution in [1.29, 1.82) is 0 Å². The average molecular weight is 222 g/mol. The topological polar surface area (TPSA) is 23.6 Å². The maximum absolute atomic E-state index is 11.9. The van der Waals surface area contributed by atoms with Crippen LogP contribution in [0.15, 0.2) is 0 Å². The number of carbonyl (C=O) groups excluding carboxylic acids is 1. The quantitative estimate of drug-likeness (QED) is 0.668. The maximum Gasteiger partial charge on any atom is 0.222 e. The Hall–Kier alpha value is -0.570. The third kappa shape index (κ3) is 1.65. The van der Waals surface area contributed by atoms with Crippen LogP contribution in [0.2, 0.25) is 0 Å². The van der Waals surface area contributed by atoms with Gasteiger partial charge in [0, 0.05) is 32.1 Å². The molecule has 3 atom stereocenters. The van der Waals surface area contributed by atoms with Gasteiger partial charge in [0.15, 0.2) is 0 Å². The Morgan fingerprint density at radius 1 is 1.31 bits per heavy atom. The zero-order valence-electron chi connectivity index (χ0n) is 10.2. The molecular formula is C13H22N2O. The van der Waals surface area contributed by atoms with E-state index in [0.717, 1.165) is 31.2 Å². The molecule has 90 valence electrons. The van der Waals surface area contributed by atoms with Crippen molar-refractivity contribution in [3.63, 3.8) is 0 Å². The van der Waals surface area contributed by atoms with Crippen LogP contribution in [0.5, 0.6) is 0 Å². The van der Waals surface area contributed by atoms with Crippen LogP contribution in [0.25, 0.3) is 0 Å². The van der Waals surface area contributed by atoms with E-state index in [0.29, 0.717) is 11.9 Å². The number of nitrogens with zero attached hydrogens (tertiary/aromatic N) is 2. The molecule has 0 aliphatic carbocycles. The van der Waals surface area contributed by atoms with E-state index in [4.69, 9.17) is 0 Å². The van der Waals surface area contributed by atoms with Crippen LogP contribution in [0, 0.1) is 11.8 Å². The lowest BCUT2D eigenvalue weighted by Crippen LogP contribution is -2.60. The van der Waals surface area contributed by atoms with Crippen molar-refractivity contribution in [3.05, 3.63) is 0 Å². The van der Waals surface area contributed by atoms with Gasteiger partial charge >= 0.3 is 0 Å². The molecular weight excluding hydrogens is 200 g/mol. The van der Waals surface area contributed by atoms with E-state index < -0.39 is 0 Å². The lowest BCUT2D eigenvalue weighted by molar-refractivity contribution is -0.144. The minimum absolute atomic E-state index is 0.427. The van der Waals surface area contributed by atoms with Crippen LogP contribution >= 0.6 is 0 Å². The van der Waals surface area contributed by atoms with Crippen LogP contribution in [0.3, 0.4) is 0 Å². The molecule has 16 heavy (non-hydrogen) atoms. The molecule has 0 aromatic carbocycles. The van der Waals surface area contributed by atoms with Crippen molar-refractivity contribution < 1.29 is 4.79 Å². The summed E-state index contributed by atoms with van der Waals surface area (Å²) in [6.45, 7) is 6.90. The summed E-state index contributed by atoms with van der Waals surface area (Å²) in [5.41, 5.74) is 0. The first-order valence-corrected chi connectivity index (χ1v) is 6.79. The van der Waals surface area contributed by atoms with Crippen LogP contribution in [0.4, 0.5) is 0 Å². The Morgan fingerprint density at radius 2 is 2.19 bits per heavy atom. The molecule has 1 amide bonds. The second-order valence-corrected chi connectivity index (χ2v) is 5.72. The highest BCUT2D eigenvalue weighted by Gasteiger charge is 2.43. The van der Waals surface area contributed by atoms with Gasteiger partial charge in [-0.25, -0.2) is 0 Å². The van der Waals surface area contributed by atoms with E-state index in [-0.39, 0.29) is 0 Å². The predicted octanol–water partition coefficient (Wildman–Crippen LogP) is 1.34. The molecule has 0 radical (unpaired) electrons. The van der Waals surface area contributed by atoms with Crippen molar-refractivity contribution in [3.8, 4) is 0 Å². The summed E-state index contributed by atoms with van der Waals surface area (Å²) in [6, 6.07) is 0.576. The highest BCUT2D eigenvalue weighted by Crippen LogP contribution is 2.37. The first-order valence-electron chi connectivity index (χ1n) is 6.79. The Morgan fingerprint density at radius 3 is 3.00 bits per heavy atom. The number of hydrogen-bond donors (Lipinski definition) is 0. The van der Waals surface area contributed by atoms with Crippen LogP contribution in [-0.4, -0.2) is 47.9 Å². The summed E-state index contributed by atoms with van der Waals surface area (Å²) in [5.74, 6) is 1.93. The van der Waals surface area contributed by atoms with Crippen molar-refractivity contribution in [2.75, 3.05) is 26.2 Å². The van der Waals surface area contributed by atoms with Crippen molar-refractivity contribution >= 4 is 5.91 Å². The molecule has 0 aromatic rings. The van der Waals surface area contributed by atoms with Crippen LogP contribution in [-0.2, 0) is 4.79 Å². The molecule has 0 aromatic heterocycles. The number of likely N-dealkylation sites (tertiary alicyclic amines) is 1. The molecule has 3 unspecified atom stereocenters. The number of carbonyl (C=O) groups is 1. The second kappa shape index (κ2) is 4.02. The Balaban J connectivity index is 1.78. The third-order valence-electron chi connectivity index (χ3n) is 4.70. The second-order valence-electron chi connectivity index (χ2n) is 5.72. The van der Waals surface area contributed by atoms with E-state index in [1.54, 1.807) is 0 Å². The van der Waals surface area contributed by atoms with E-state index in [9.17, 15) is 4.79 Å².